The van der Waals surface area contributed by atoms with Gasteiger partial charge in [0.25, 0.3) is 0 Å². The molecule has 0 bridgehead atoms. The molecule has 0 saturated carbocycles. The van der Waals surface area contributed by atoms with Gasteiger partial charge < -0.3 is 15.5 Å². The van der Waals surface area contributed by atoms with E-state index in [1.807, 2.05) is 13.8 Å². The van der Waals surface area contributed by atoms with Gasteiger partial charge in [-0.25, -0.2) is 4.98 Å². The van der Waals surface area contributed by atoms with E-state index in [0.717, 1.165) is 12.3 Å². The van der Waals surface area contributed by atoms with Crippen LogP contribution in [-0.4, -0.2) is 47.5 Å². The SMILES string of the molecule is CCN(CC)C(=O)[C@@H]1C[C@@H](N)CN1c1ccc(C(F)(F)F)cn1. The van der Waals surface area contributed by atoms with Gasteiger partial charge in [0.2, 0.25) is 5.91 Å². The van der Waals surface area contributed by atoms with Crippen molar-refractivity contribution in [1.29, 1.82) is 0 Å². The van der Waals surface area contributed by atoms with Gasteiger partial charge in [-0.05, 0) is 32.4 Å². The molecule has 1 aliphatic heterocycles. The zero-order chi connectivity index (χ0) is 17.2. The van der Waals surface area contributed by atoms with Gasteiger partial charge in [0.1, 0.15) is 11.9 Å². The summed E-state index contributed by atoms with van der Waals surface area (Å²) in [5.41, 5.74) is 5.14. The van der Waals surface area contributed by atoms with Crippen LogP contribution in [0, 0.1) is 0 Å². The number of amides is 1. The first kappa shape index (κ1) is 17.5. The maximum absolute atomic E-state index is 12.6. The molecule has 1 aromatic heterocycles. The van der Waals surface area contributed by atoms with Gasteiger partial charge in [-0.3, -0.25) is 4.79 Å². The molecule has 5 nitrogen and oxygen atoms in total. The molecule has 128 valence electrons. The van der Waals surface area contributed by atoms with Crippen molar-refractivity contribution in [3.05, 3.63) is 23.9 Å². The molecule has 1 amide bonds. The minimum absolute atomic E-state index is 0.0651. The van der Waals surface area contributed by atoms with Crippen LogP contribution in [0.25, 0.3) is 0 Å². The van der Waals surface area contributed by atoms with Crippen molar-refractivity contribution in [2.75, 3.05) is 24.5 Å². The first-order chi connectivity index (χ1) is 10.8. The molecule has 23 heavy (non-hydrogen) atoms. The number of hydrogen-bond donors (Lipinski definition) is 1. The Morgan fingerprint density at radius 2 is 2.04 bits per heavy atom. The summed E-state index contributed by atoms with van der Waals surface area (Å²) in [4.78, 5) is 19.9. The highest BCUT2D eigenvalue weighted by Gasteiger charge is 2.38. The number of aromatic nitrogens is 1. The van der Waals surface area contributed by atoms with E-state index in [9.17, 15) is 18.0 Å². The van der Waals surface area contributed by atoms with Gasteiger partial charge in [-0.1, -0.05) is 0 Å². The molecule has 1 saturated heterocycles. The fraction of sp³-hybridized carbons (Fsp3) is 0.600. The largest absolute Gasteiger partial charge is 0.417 e. The van der Waals surface area contributed by atoms with Gasteiger partial charge in [0, 0.05) is 31.9 Å². The standard InChI is InChI=1S/C15H21F3N4O/c1-3-21(4-2)14(23)12-7-11(19)9-22(12)13-6-5-10(8-20-13)15(16,17)18/h5-6,8,11-12H,3-4,7,9,19H2,1-2H3/t11-,12+/m1/s1. The Labute approximate surface area is 133 Å². The molecule has 1 aromatic rings. The van der Waals surface area contributed by atoms with E-state index >= 15 is 0 Å². The smallest absolute Gasteiger partial charge is 0.343 e. The fourth-order valence-corrected chi connectivity index (χ4v) is 2.83. The summed E-state index contributed by atoms with van der Waals surface area (Å²) >= 11 is 0. The number of rotatable bonds is 4. The van der Waals surface area contributed by atoms with Crippen molar-refractivity contribution in [2.24, 2.45) is 5.73 Å². The quantitative estimate of drug-likeness (QED) is 0.915. The average molecular weight is 330 g/mol. The summed E-state index contributed by atoms with van der Waals surface area (Å²) in [6, 6.07) is 1.59. The zero-order valence-corrected chi connectivity index (χ0v) is 13.2. The third-order valence-corrected chi connectivity index (χ3v) is 4.06. The summed E-state index contributed by atoms with van der Waals surface area (Å²) in [5, 5.41) is 0. The summed E-state index contributed by atoms with van der Waals surface area (Å²) in [5.74, 6) is 0.279. The van der Waals surface area contributed by atoms with Gasteiger partial charge in [-0.2, -0.15) is 13.2 Å². The minimum Gasteiger partial charge on any atom is -0.343 e. The van der Waals surface area contributed by atoms with E-state index in [1.165, 1.54) is 6.07 Å². The Morgan fingerprint density at radius 1 is 1.39 bits per heavy atom. The molecule has 2 atom stereocenters. The number of nitrogens with zero attached hydrogens (tertiary/aromatic N) is 3. The van der Waals surface area contributed by atoms with Gasteiger partial charge >= 0.3 is 6.18 Å². The van der Waals surface area contributed by atoms with E-state index in [0.29, 0.717) is 31.9 Å². The molecule has 0 radical (unpaired) electrons. The first-order valence-corrected chi connectivity index (χ1v) is 7.62. The van der Waals surface area contributed by atoms with Crippen LogP contribution in [0.1, 0.15) is 25.8 Å². The van der Waals surface area contributed by atoms with Crippen molar-refractivity contribution in [2.45, 2.75) is 38.5 Å². The third-order valence-electron chi connectivity index (χ3n) is 4.06. The molecule has 2 rings (SSSR count). The molecule has 2 N–H and O–H groups in total. The predicted molar refractivity (Wildman–Crippen MR) is 80.9 cm³/mol. The van der Waals surface area contributed by atoms with Crippen LogP contribution in [0.5, 0.6) is 0 Å². The minimum atomic E-state index is -4.43. The lowest BCUT2D eigenvalue weighted by Crippen LogP contribution is -2.46. The number of carbonyl (C=O) groups excluding carboxylic acids is 1. The molecule has 0 aromatic carbocycles. The maximum Gasteiger partial charge on any atom is 0.417 e. The third kappa shape index (κ3) is 3.74. The molecular formula is C15H21F3N4O. The maximum atomic E-state index is 12.6. The zero-order valence-electron chi connectivity index (χ0n) is 13.2. The van der Waals surface area contributed by atoms with Crippen molar-refractivity contribution in [3.63, 3.8) is 0 Å². The number of nitrogens with two attached hydrogens (primary N) is 1. The summed E-state index contributed by atoms with van der Waals surface area (Å²) in [7, 11) is 0. The summed E-state index contributed by atoms with van der Waals surface area (Å²) in [6.07, 6.45) is -3.17. The van der Waals surface area contributed by atoms with E-state index in [2.05, 4.69) is 4.98 Å². The highest BCUT2D eigenvalue weighted by atomic mass is 19.4. The van der Waals surface area contributed by atoms with Crippen LogP contribution in [0.15, 0.2) is 18.3 Å². The Morgan fingerprint density at radius 3 is 2.52 bits per heavy atom. The predicted octanol–water partition coefficient (Wildman–Crippen LogP) is 1.87. The lowest BCUT2D eigenvalue weighted by molar-refractivity contribution is -0.138. The van der Waals surface area contributed by atoms with Crippen LogP contribution in [-0.2, 0) is 11.0 Å². The van der Waals surface area contributed by atoms with Gasteiger partial charge in [0.05, 0.1) is 5.56 Å². The Hall–Kier alpha value is -1.83. The monoisotopic (exact) mass is 330 g/mol. The topological polar surface area (TPSA) is 62.5 Å². The van der Waals surface area contributed by atoms with E-state index in [1.54, 1.807) is 9.80 Å². The lowest BCUT2D eigenvalue weighted by atomic mass is 10.1. The number of halogens is 3. The Balaban J connectivity index is 2.24. The molecule has 0 spiro atoms. The number of alkyl halides is 3. The number of hydrogen-bond acceptors (Lipinski definition) is 4. The van der Waals surface area contributed by atoms with E-state index in [-0.39, 0.29) is 11.9 Å². The molecule has 0 unspecified atom stereocenters. The lowest BCUT2D eigenvalue weighted by Gasteiger charge is -2.29. The number of pyridine rings is 1. The van der Waals surface area contributed by atoms with Crippen LogP contribution < -0.4 is 10.6 Å². The second-order valence-electron chi connectivity index (χ2n) is 5.58. The number of carbonyl (C=O) groups is 1. The molecular weight excluding hydrogens is 309 g/mol. The number of anilines is 1. The second kappa shape index (κ2) is 6.74. The first-order valence-electron chi connectivity index (χ1n) is 7.62. The van der Waals surface area contributed by atoms with Gasteiger partial charge in [-0.15, -0.1) is 0 Å². The van der Waals surface area contributed by atoms with Crippen LogP contribution in [0.3, 0.4) is 0 Å². The summed E-state index contributed by atoms with van der Waals surface area (Å²) < 4.78 is 37.9. The normalized spacial score (nSPS) is 21.6. The van der Waals surface area contributed by atoms with E-state index in [4.69, 9.17) is 5.73 Å². The second-order valence-corrected chi connectivity index (χ2v) is 5.58. The fourth-order valence-electron chi connectivity index (χ4n) is 2.83. The highest BCUT2D eigenvalue weighted by molar-refractivity contribution is 5.85. The number of likely N-dealkylation sites (N-methyl/N-ethyl adjacent to an activating group) is 1. The molecule has 1 fully saturated rings. The average Bonchev–Trinajstić information content (AvgIpc) is 2.89. The molecule has 1 aliphatic rings. The Bertz CT molecular complexity index is 543. The van der Waals surface area contributed by atoms with Crippen LogP contribution in [0.2, 0.25) is 0 Å². The molecule has 0 aliphatic carbocycles. The molecule has 2 heterocycles. The molecule has 8 heteroatoms. The summed E-state index contributed by atoms with van der Waals surface area (Å²) in [6.45, 7) is 5.33. The van der Waals surface area contributed by atoms with Crippen LogP contribution >= 0.6 is 0 Å². The van der Waals surface area contributed by atoms with Crippen molar-refractivity contribution in [1.82, 2.24) is 9.88 Å². The van der Waals surface area contributed by atoms with E-state index < -0.39 is 17.8 Å². The van der Waals surface area contributed by atoms with Crippen molar-refractivity contribution >= 4 is 11.7 Å². The van der Waals surface area contributed by atoms with Crippen LogP contribution in [0.4, 0.5) is 19.0 Å². The Kier molecular flexibility index (Phi) is 5.13. The van der Waals surface area contributed by atoms with Crippen molar-refractivity contribution < 1.29 is 18.0 Å². The highest BCUT2D eigenvalue weighted by Crippen LogP contribution is 2.31. The van der Waals surface area contributed by atoms with Crippen molar-refractivity contribution in [3.8, 4) is 0 Å². The van der Waals surface area contributed by atoms with Gasteiger partial charge in [0.15, 0.2) is 0 Å².